The molecule has 2 amide bonds. The Balaban J connectivity index is 1.94. The molecule has 0 radical (unpaired) electrons. The number of ether oxygens (including phenoxy) is 1. The lowest BCUT2D eigenvalue weighted by atomic mass is 10.1. The van der Waals surface area contributed by atoms with Gasteiger partial charge in [0.05, 0.1) is 18.6 Å². The number of hydrogen-bond acceptors (Lipinski definition) is 5. The van der Waals surface area contributed by atoms with E-state index in [2.05, 4.69) is 11.1 Å². The molecule has 0 fully saturated rings. The van der Waals surface area contributed by atoms with Crippen molar-refractivity contribution in [1.82, 2.24) is 4.90 Å². The molecule has 0 spiro atoms. The smallest absolute Gasteiger partial charge is 0.283 e. The molecule has 0 atom stereocenters. The fourth-order valence-electron chi connectivity index (χ4n) is 4.13. The summed E-state index contributed by atoms with van der Waals surface area (Å²) >= 11 is 1.30. The highest BCUT2D eigenvalue weighted by molar-refractivity contribution is 8.14. The molecule has 1 aliphatic heterocycles. The van der Waals surface area contributed by atoms with Crippen molar-refractivity contribution in [1.29, 1.82) is 0 Å². The third-order valence-electron chi connectivity index (χ3n) is 5.44. The van der Waals surface area contributed by atoms with Gasteiger partial charge in [0.1, 0.15) is 11.4 Å². The van der Waals surface area contributed by atoms with E-state index in [1.807, 2.05) is 82.8 Å². The zero-order chi connectivity index (χ0) is 25.0. The van der Waals surface area contributed by atoms with Crippen molar-refractivity contribution in [3.63, 3.8) is 0 Å². The van der Waals surface area contributed by atoms with E-state index in [4.69, 9.17) is 4.74 Å². The quantitative estimate of drug-likeness (QED) is 0.497. The van der Waals surface area contributed by atoms with Crippen LogP contribution in [0.1, 0.15) is 44.4 Å². The molecule has 2 aromatic rings. The fourth-order valence-corrected chi connectivity index (χ4v) is 5.01. The number of aryl methyl sites for hydroxylation is 2. The van der Waals surface area contributed by atoms with Crippen molar-refractivity contribution in [2.75, 3.05) is 17.8 Å². The molecule has 6 nitrogen and oxygen atoms in total. The van der Waals surface area contributed by atoms with Crippen LogP contribution in [0.2, 0.25) is 0 Å². The third kappa shape index (κ3) is 5.89. The van der Waals surface area contributed by atoms with E-state index in [0.29, 0.717) is 10.9 Å². The predicted octanol–water partition coefficient (Wildman–Crippen LogP) is 5.43. The Bertz CT molecular complexity index is 1090. The third-order valence-corrected chi connectivity index (χ3v) is 6.36. The number of thioether (sulfide) groups is 1. The largest absolute Gasteiger partial charge is 0.497 e. The van der Waals surface area contributed by atoms with E-state index >= 15 is 0 Å². The van der Waals surface area contributed by atoms with E-state index < -0.39 is 0 Å². The molecule has 34 heavy (non-hydrogen) atoms. The van der Waals surface area contributed by atoms with Gasteiger partial charge in [0.15, 0.2) is 5.17 Å². The standard InChI is InChI=1S/C27H33N3O3S/c1-17(2)29(18(3)4)25(31)16-34-27-28-24(15-21-8-10-23(33-7)11-9-21)26(32)30(27)22-13-19(5)12-20(6)14-22/h8-15,17-18H,16H2,1-7H3. The summed E-state index contributed by atoms with van der Waals surface area (Å²) in [6.07, 6.45) is 1.77. The number of nitrogens with zero attached hydrogens (tertiary/aromatic N) is 3. The first-order valence-electron chi connectivity index (χ1n) is 11.4. The molecule has 180 valence electrons. The second-order valence-corrected chi connectivity index (χ2v) is 9.90. The van der Waals surface area contributed by atoms with Gasteiger partial charge in [0.25, 0.3) is 5.91 Å². The minimum absolute atomic E-state index is 0.0260. The van der Waals surface area contributed by atoms with E-state index in [-0.39, 0.29) is 29.7 Å². The van der Waals surface area contributed by atoms with Crippen molar-refractivity contribution >= 4 is 40.5 Å². The molecule has 7 heteroatoms. The van der Waals surface area contributed by atoms with Gasteiger partial charge >= 0.3 is 0 Å². The van der Waals surface area contributed by atoms with E-state index in [9.17, 15) is 9.59 Å². The zero-order valence-electron chi connectivity index (χ0n) is 21.0. The number of amides is 2. The number of carbonyl (C=O) groups is 2. The number of aliphatic imine (C=N–C) groups is 1. The van der Waals surface area contributed by atoms with Gasteiger partial charge in [-0.05, 0) is 88.6 Å². The summed E-state index contributed by atoms with van der Waals surface area (Å²) in [5.74, 6) is 0.771. The van der Waals surface area contributed by atoms with Gasteiger partial charge in [0, 0.05) is 12.1 Å². The van der Waals surface area contributed by atoms with Crippen LogP contribution >= 0.6 is 11.8 Å². The summed E-state index contributed by atoms with van der Waals surface area (Å²) < 4.78 is 5.22. The van der Waals surface area contributed by atoms with Crippen LogP contribution in [0.4, 0.5) is 5.69 Å². The van der Waals surface area contributed by atoms with Crippen molar-refractivity contribution in [2.45, 2.75) is 53.6 Å². The van der Waals surface area contributed by atoms with Crippen LogP contribution in [0.15, 0.2) is 53.2 Å². The molecule has 0 aliphatic carbocycles. The van der Waals surface area contributed by atoms with Gasteiger partial charge < -0.3 is 9.64 Å². The Labute approximate surface area is 206 Å². The minimum Gasteiger partial charge on any atom is -0.497 e. The normalized spacial score (nSPS) is 14.9. The average Bonchev–Trinajstić information content (AvgIpc) is 3.06. The summed E-state index contributed by atoms with van der Waals surface area (Å²) in [6, 6.07) is 13.6. The lowest BCUT2D eigenvalue weighted by Gasteiger charge is -2.31. The molecule has 0 bridgehead atoms. The number of rotatable bonds is 7. The number of anilines is 1. The number of hydrogen-bond donors (Lipinski definition) is 0. The topological polar surface area (TPSA) is 62.2 Å². The van der Waals surface area contributed by atoms with E-state index in [0.717, 1.165) is 28.1 Å². The fraction of sp³-hybridized carbons (Fsp3) is 0.370. The van der Waals surface area contributed by atoms with Gasteiger partial charge in [-0.2, -0.15) is 0 Å². The zero-order valence-corrected chi connectivity index (χ0v) is 21.8. The van der Waals surface area contributed by atoms with Crippen molar-refractivity contribution in [2.24, 2.45) is 4.99 Å². The van der Waals surface area contributed by atoms with Crippen molar-refractivity contribution in [3.8, 4) is 5.75 Å². The molecule has 2 aromatic carbocycles. The Morgan fingerprint density at radius 3 is 2.18 bits per heavy atom. The second-order valence-electron chi connectivity index (χ2n) is 8.96. The maximum absolute atomic E-state index is 13.5. The maximum atomic E-state index is 13.5. The lowest BCUT2D eigenvalue weighted by molar-refractivity contribution is -0.131. The van der Waals surface area contributed by atoms with Crippen molar-refractivity contribution < 1.29 is 14.3 Å². The van der Waals surface area contributed by atoms with Crippen LogP contribution in [0.3, 0.4) is 0 Å². The molecule has 0 saturated heterocycles. The number of benzene rings is 2. The molecule has 0 N–H and O–H groups in total. The summed E-state index contributed by atoms with van der Waals surface area (Å²) in [5, 5.41) is 0.510. The van der Waals surface area contributed by atoms with Gasteiger partial charge in [0.2, 0.25) is 5.91 Å². The van der Waals surface area contributed by atoms with E-state index in [1.54, 1.807) is 18.1 Å². The van der Waals surface area contributed by atoms with Crippen LogP contribution in [0, 0.1) is 13.8 Å². The molecule has 0 unspecified atom stereocenters. The first-order valence-corrected chi connectivity index (χ1v) is 12.4. The molecule has 0 aromatic heterocycles. The number of carbonyl (C=O) groups excluding carboxylic acids is 2. The summed E-state index contributed by atoms with van der Waals surface area (Å²) in [7, 11) is 1.62. The SMILES string of the molecule is COc1ccc(C=C2N=C(SCC(=O)N(C(C)C)C(C)C)N(c3cc(C)cc(C)c3)C2=O)cc1. The highest BCUT2D eigenvalue weighted by Gasteiger charge is 2.33. The first kappa shape index (κ1) is 25.6. The molecule has 3 rings (SSSR count). The first-order chi connectivity index (χ1) is 16.1. The minimum atomic E-state index is -0.208. The number of amidine groups is 1. The Kier molecular flexibility index (Phi) is 8.20. The number of methoxy groups -OCH3 is 1. The summed E-state index contributed by atoms with van der Waals surface area (Å²) in [5.41, 5.74) is 4.05. The highest BCUT2D eigenvalue weighted by atomic mass is 32.2. The van der Waals surface area contributed by atoms with Crippen LogP contribution in [-0.4, -0.2) is 46.8 Å². The molecular weight excluding hydrogens is 446 g/mol. The van der Waals surface area contributed by atoms with Crippen LogP contribution in [-0.2, 0) is 9.59 Å². The molecule has 0 saturated carbocycles. The second kappa shape index (κ2) is 10.9. The Hall–Kier alpha value is -3.06. The Morgan fingerprint density at radius 1 is 1.06 bits per heavy atom. The lowest BCUT2D eigenvalue weighted by Crippen LogP contribution is -2.43. The Morgan fingerprint density at radius 2 is 1.65 bits per heavy atom. The highest BCUT2D eigenvalue weighted by Crippen LogP contribution is 2.31. The van der Waals surface area contributed by atoms with E-state index in [1.165, 1.54) is 11.8 Å². The van der Waals surface area contributed by atoms with Gasteiger partial charge in [-0.3, -0.25) is 14.5 Å². The van der Waals surface area contributed by atoms with Gasteiger partial charge in [-0.25, -0.2) is 4.99 Å². The average molecular weight is 480 g/mol. The summed E-state index contributed by atoms with van der Waals surface area (Å²) in [4.78, 5) is 34.6. The summed E-state index contributed by atoms with van der Waals surface area (Å²) in [6.45, 7) is 12.0. The molecule has 1 heterocycles. The van der Waals surface area contributed by atoms with Crippen LogP contribution in [0.5, 0.6) is 5.75 Å². The monoisotopic (exact) mass is 479 g/mol. The maximum Gasteiger partial charge on any atom is 0.283 e. The van der Waals surface area contributed by atoms with Crippen molar-refractivity contribution in [3.05, 3.63) is 64.9 Å². The molecular formula is C27H33N3O3S. The van der Waals surface area contributed by atoms with Gasteiger partial charge in [-0.1, -0.05) is 30.0 Å². The predicted molar refractivity (Wildman–Crippen MR) is 141 cm³/mol. The van der Waals surface area contributed by atoms with Crippen LogP contribution in [0.25, 0.3) is 6.08 Å². The van der Waals surface area contributed by atoms with Crippen LogP contribution < -0.4 is 9.64 Å². The van der Waals surface area contributed by atoms with Gasteiger partial charge in [-0.15, -0.1) is 0 Å². The molecule has 1 aliphatic rings.